The first-order valence-electron chi connectivity index (χ1n) is 7.89. The predicted octanol–water partition coefficient (Wildman–Crippen LogP) is 3.08. The van der Waals surface area contributed by atoms with Crippen molar-refractivity contribution in [3.8, 4) is 5.75 Å². The van der Waals surface area contributed by atoms with E-state index in [9.17, 15) is 4.79 Å². The van der Waals surface area contributed by atoms with Crippen LogP contribution in [0.3, 0.4) is 0 Å². The molecular weight excluding hydrogens is 290 g/mol. The third-order valence-electron chi connectivity index (χ3n) is 4.74. The highest BCUT2D eigenvalue weighted by atomic mass is 16.5. The molecule has 0 spiro atoms. The standard InChI is InChI=1S/C18H23N3O2.H2/c1-18(2)7-6-12(13(19)9-18)17(20)11-4-5-15-14(8-11)21(3)16(22)10-23-15;/h4-5,8,20H,6-7,9-10,19H2,1-3H3;1H. The summed E-state index contributed by atoms with van der Waals surface area (Å²) in [6, 6.07) is 5.53. The van der Waals surface area contributed by atoms with Crippen LogP contribution in [-0.4, -0.2) is 25.3 Å². The highest BCUT2D eigenvalue weighted by Gasteiger charge is 2.29. The van der Waals surface area contributed by atoms with Crippen LogP contribution in [0.15, 0.2) is 29.5 Å². The van der Waals surface area contributed by atoms with Crippen molar-refractivity contribution in [1.29, 1.82) is 5.41 Å². The predicted molar refractivity (Wildman–Crippen MR) is 93.1 cm³/mol. The molecule has 1 aromatic rings. The fourth-order valence-corrected chi connectivity index (χ4v) is 3.22. The van der Waals surface area contributed by atoms with E-state index in [4.69, 9.17) is 15.9 Å². The molecule has 3 rings (SSSR count). The van der Waals surface area contributed by atoms with E-state index >= 15 is 0 Å². The molecule has 124 valence electrons. The molecule has 23 heavy (non-hydrogen) atoms. The number of allylic oxidation sites excluding steroid dienone is 2. The van der Waals surface area contributed by atoms with Gasteiger partial charge in [0.25, 0.3) is 5.91 Å². The van der Waals surface area contributed by atoms with Gasteiger partial charge in [0.2, 0.25) is 0 Å². The Bertz CT molecular complexity index is 725. The number of likely N-dealkylation sites (N-methyl/N-ethyl adjacent to an activating group) is 1. The summed E-state index contributed by atoms with van der Waals surface area (Å²) in [4.78, 5) is 13.4. The summed E-state index contributed by atoms with van der Waals surface area (Å²) in [5.41, 5.74) is 10.1. The molecule has 0 unspecified atom stereocenters. The van der Waals surface area contributed by atoms with Crippen LogP contribution in [0.2, 0.25) is 0 Å². The maximum Gasteiger partial charge on any atom is 0.264 e. The largest absolute Gasteiger partial charge is 0.482 e. The molecule has 1 aliphatic carbocycles. The molecule has 0 saturated heterocycles. The van der Waals surface area contributed by atoms with Crippen molar-refractivity contribution in [2.45, 2.75) is 33.1 Å². The molecule has 0 bridgehead atoms. The lowest BCUT2D eigenvalue weighted by Crippen LogP contribution is -2.35. The zero-order valence-electron chi connectivity index (χ0n) is 13.9. The summed E-state index contributed by atoms with van der Waals surface area (Å²) in [6.45, 7) is 4.47. The minimum absolute atomic E-state index is 0. The molecule has 3 N–H and O–H groups in total. The van der Waals surface area contributed by atoms with Gasteiger partial charge >= 0.3 is 0 Å². The molecule has 5 nitrogen and oxygen atoms in total. The maximum absolute atomic E-state index is 11.8. The monoisotopic (exact) mass is 315 g/mol. The van der Waals surface area contributed by atoms with Crippen molar-refractivity contribution in [2.24, 2.45) is 11.1 Å². The molecule has 0 aromatic heterocycles. The lowest BCUT2D eigenvalue weighted by atomic mass is 9.75. The Kier molecular flexibility index (Phi) is 3.66. The fourth-order valence-electron chi connectivity index (χ4n) is 3.22. The molecule has 0 atom stereocenters. The first kappa shape index (κ1) is 15.6. The van der Waals surface area contributed by atoms with Crippen molar-refractivity contribution >= 4 is 17.3 Å². The number of rotatable bonds is 2. The topological polar surface area (TPSA) is 79.4 Å². The van der Waals surface area contributed by atoms with Gasteiger partial charge in [0.1, 0.15) is 5.75 Å². The van der Waals surface area contributed by atoms with Crippen LogP contribution in [0.5, 0.6) is 5.75 Å². The third-order valence-corrected chi connectivity index (χ3v) is 4.74. The molecule has 0 radical (unpaired) electrons. The normalized spacial score (nSPS) is 20.1. The number of nitrogens with zero attached hydrogens (tertiary/aromatic N) is 1. The van der Waals surface area contributed by atoms with Crippen molar-refractivity contribution in [2.75, 3.05) is 18.6 Å². The van der Waals surface area contributed by atoms with Crippen LogP contribution >= 0.6 is 0 Å². The van der Waals surface area contributed by atoms with Crippen LogP contribution in [0.25, 0.3) is 0 Å². The smallest absolute Gasteiger partial charge is 0.264 e. The highest BCUT2D eigenvalue weighted by Crippen LogP contribution is 2.39. The van der Waals surface area contributed by atoms with E-state index in [0.717, 1.165) is 36.1 Å². The van der Waals surface area contributed by atoms with E-state index in [-0.39, 0.29) is 19.4 Å². The average molecular weight is 315 g/mol. The number of hydrogen-bond donors (Lipinski definition) is 2. The van der Waals surface area contributed by atoms with Gasteiger partial charge in [-0.15, -0.1) is 0 Å². The zero-order valence-corrected chi connectivity index (χ0v) is 13.9. The highest BCUT2D eigenvalue weighted by molar-refractivity contribution is 6.12. The molecule has 1 amide bonds. The number of hydrogen-bond acceptors (Lipinski definition) is 4. The van der Waals surface area contributed by atoms with Gasteiger partial charge in [-0.3, -0.25) is 10.2 Å². The number of benzene rings is 1. The van der Waals surface area contributed by atoms with Crippen molar-refractivity contribution < 1.29 is 11.0 Å². The van der Waals surface area contributed by atoms with E-state index in [1.165, 1.54) is 0 Å². The third kappa shape index (κ3) is 2.83. The van der Waals surface area contributed by atoms with Crippen LogP contribution in [0, 0.1) is 10.8 Å². The number of anilines is 1. The summed E-state index contributed by atoms with van der Waals surface area (Å²) in [5.74, 6) is 0.592. The first-order valence-corrected chi connectivity index (χ1v) is 7.89. The second-order valence-electron chi connectivity index (χ2n) is 7.14. The van der Waals surface area contributed by atoms with Crippen molar-refractivity contribution in [3.63, 3.8) is 0 Å². The molecule has 1 aliphatic heterocycles. The summed E-state index contributed by atoms with van der Waals surface area (Å²) in [5, 5.41) is 8.54. The number of carbonyl (C=O) groups is 1. The maximum atomic E-state index is 11.8. The SMILES string of the molecule is CN1C(=O)COc2ccc(C(=N)C3=C(N)CC(C)(C)CC3)cc21.[HH]. The van der Waals surface area contributed by atoms with Crippen LogP contribution in [0.4, 0.5) is 5.69 Å². The summed E-state index contributed by atoms with van der Waals surface area (Å²) in [6.07, 6.45) is 2.66. The van der Waals surface area contributed by atoms with E-state index in [1.54, 1.807) is 11.9 Å². The van der Waals surface area contributed by atoms with Gasteiger partial charge in [-0.2, -0.15) is 0 Å². The second-order valence-corrected chi connectivity index (χ2v) is 7.14. The van der Waals surface area contributed by atoms with Gasteiger partial charge < -0.3 is 15.4 Å². The Morgan fingerprint density at radius 1 is 1.43 bits per heavy atom. The molecule has 2 aliphatic rings. The molecule has 0 saturated carbocycles. The van der Waals surface area contributed by atoms with Crippen LogP contribution < -0.4 is 15.4 Å². The van der Waals surface area contributed by atoms with E-state index in [1.807, 2.05) is 18.2 Å². The summed E-state index contributed by atoms with van der Waals surface area (Å²) in [7, 11) is 1.73. The van der Waals surface area contributed by atoms with Gasteiger partial charge in [0, 0.05) is 19.7 Å². The van der Waals surface area contributed by atoms with Gasteiger partial charge in [-0.1, -0.05) is 13.8 Å². The Hall–Kier alpha value is -2.30. The quantitative estimate of drug-likeness (QED) is 0.823. The number of fused-ring (bicyclic) bond motifs is 1. The lowest BCUT2D eigenvalue weighted by molar-refractivity contribution is -0.120. The molecular formula is C18H25N3O2. The molecule has 5 heteroatoms. The zero-order chi connectivity index (χ0) is 16.8. The Labute approximate surface area is 138 Å². The lowest BCUT2D eigenvalue weighted by Gasteiger charge is -2.32. The van der Waals surface area contributed by atoms with E-state index < -0.39 is 0 Å². The van der Waals surface area contributed by atoms with Gasteiger partial charge in [0.15, 0.2) is 6.61 Å². The molecule has 0 fully saturated rings. The van der Waals surface area contributed by atoms with Gasteiger partial charge in [-0.05, 0) is 48.4 Å². The molecule has 1 aromatic carbocycles. The van der Waals surface area contributed by atoms with E-state index in [0.29, 0.717) is 17.1 Å². The second kappa shape index (κ2) is 5.41. The minimum Gasteiger partial charge on any atom is -0.482 e. The Morgan fingerprint density at radius 3 is 2.87 bits per heavy atom. The van der Waals surface area contributed by atoms with Gasteiger partial charge in [0.05, 0.1) is 11.4 Å². The van der Waals surface area contributed by atoms with Gasteiger partial charge in [-0.25, -0.2) is 0 Å². The average Bonchev–Trinajstić information content (AvgIpc) is 2.49. The van der Waals surface area contributed by atoms with Crippen molar-refractivity contribution in [1.82, 2.24) is 0 Å². The summed E-state index contributed by atoms with van der Waals surface area (Å²) < 4.78 is 5.44. The molecule has 1 heterocycles. The Morgan fingerprint density at radius 2 is 2.17 bits per heavy atom. The van der Waals surface area contributed by atoms with Crippen LogP contribution in [-0.2, 0) is 4.79 Å². The summed E-state index contributed by atoms with van der Waals surface area (Å²) >= 11 is 0. The first-order chi connectivity index (χ1) is 10.8. The van der Waals surface area contributed by atoms with E-state index in [2.05, 4.69) is 13.8 Å². The van der Waals surface area contributed by atoms with Crippen molar-refractivity contribution in [3.05, 3.63) is 35.0 Å². The minimum atomic E-state index is -0.0840. The number of amides is 1. The number of ether oxygens (including phenoxy) is 1. The Balaban J connectivity index is 0.00000208. The number of nitrogens with two attached hydrogens (primary N) is 1. The fraction of sp³-hybridized carbons (Fsp3) is 0.444. The number of carbonyl (C=O) groups excluding carboxylic acids is 1. The van der Waals surface area contributed by atoms with Crippen LogP contribution in [0.1, 0.15) is 40.1 Å². The number of nitrogens with one attached hydrogen (secondary N) is 1.